The Morgan fingerprint density at radius 2 is 1.84 bits per heavy atom. The van der Waals surface area contributed by atoms with Gasteiger partial charge in [-0.2, -0.15) is 0 Å². The number of hydrogen-bond acceptors (Lipinski definition) is 6. The van der Waals surface area contributed by atoms with Crippen LogP contribution in [0.5, 0.6) is 0 Å². The first-order valence-corrected chi connectivity index (χ1v) is 25.5. The average molecular weight is 666 g/mol. The first-order valence-electron chi connectivity index (χ1n) is 12.9. The molecule has 0 aromatic heterocycles. The summed E-state index contributed by atoms with van der Waals surface area (Å²) in [5.74, 6) is -0.250. The molecular weight excluding hydrogens is 620 g/mol. The molecule has 1 saturated heterocycles. The molecule has 0 aromatic carbocycles. The van der Waals surface area contributed by atoms with E-state index in [1.54, 1.807) is 0 Å². The van der Waals surface area contributed by atoms with Gasteiger partial charge in [-0.15, -0.1) is 17.9 Å². The summed E-state index contributed by atoms with van der Waals surface area (Å²) in [6, 6.07) is 0. The van der Waals surface area contributed by atoms with E-state index in [-0.39, 0.29) is 36.3 Å². The number of hydrogen-bond donors (Lipinski definition) is 0. The molecular formula is C23H46O6P8. The van der Waals surface area contributed by atoms with Crippen molar-refractivity contribution in [3.63, 3.8) is 0 Å². The molecule has 0 aromatic rings. The van der Waals surface area contributed by atoms with E-state index in [1.807, 2.05) is 0 Å². The van der Waals surface area contributed by atoms with Crippen molar-refractivity contribution in [3.05, 3.63) is 12.2 Å². The van der Waals surface area contributed by atoms with E-state index in [9.17, 15) is 9.59 Å². The minimum absolute atomic E-state index is 0.0275. The van der Waals surface area contributed by atoms with Crippen LogP contribution in [0.3, 0.4) is 0 Å². The van der Waals surface area contributed by atoms with Gasteiger partial charge in [-0.05, 0) is 51.4 Å². The summed E-state index contributed by atoms with van der Waals surface area (Å²) in [4.78, 5) is 24.8. The zero-order valence-corrected chi connectivity index (χ0v) is 30.8. The Hall–Kier alpha value is 2.20. The first kappa shape index (κ1) is 35.4. The molecule has 0 N–H and O–H groups in total. The highest BCUT2D eigenvalue weighted by atomic mass is 32.8. The maximum atomic E-state index is 13.1. The number of Topliss-reactive ketones (excluding diaryl/α,β-unsaturated/α-hetero) is 1. The van der Waals surface area contributed by atoms with Crippen molar-refractivity contribution in [2.24, 2.45) is 17.3 Å². The number of unbranched alkanes of at least 4 members (excludes halogenated alkanes) is 3. The Balaban J connectivity index is 1.92. The van der Waals surface area contributed by atoms with Crippen molar-refractivity contribution in [2.75, 3.05) is 6.79 Å². The summed E-state index contributed by atoms with van der Waals surface area (Å²) in [5, 5.41) is 0. The lowest BCUT2D eigenvalue weighted by Crippen LogP contribution is -2.57. The van der Waals surface area contributed by atoms with Gasteiger partial charge in [0, 0.05) is 30.6 Å². The molecule has 1 aliphatic carbocycles. The second-order valence-electron chi connectivity index (χ2n) is 10.3. The lowest BCUT2D eigenvalue weighted by Gasteiger charge is -2.52. The van der Waals surface area contributed by atoms with Gasteiger partial charge >= 0.3 is 5.97 Å². The minimum atomic E-state index is -0.790. The first-order chi connectivity index (χ1) is 17.4. The van der Waals surface area contributed by atoms with Crippen LogP contribution in [-0.4, -0.2) is 30.4 Å². The van der Waals surface area contributed by atoms with Gasteiger partial charge in [-0.1, -0.05) is 66.1 Å². The minimum Gasteiger partial charge on any atom is -0.437 e. The van der Waals surface area contributed by atoms with Crippen molar-refractivity contribution in [3.8, 4) is 0 Å². The SMILES string of the molecule is CCC(C)(C)C1(CC[C@H]2C(OP(P)P(P)P)CC(=O)C2C/C=C\CCCCCC(=O)OP(P)P)OCO1. The van der Waals surface area contributed by atoms with Gasteiger partial charge in [-0.3, -0.25) is 9.59 Å². The maximum absolute atomic E-state index is 13.1. The highest BCUT2D eigenvalue weighted by Crippen LogP contribution is 2.84. The lowest BCUT2D eigenvalue weighted by molar-refractivity contribution is -0.439. The third-order valence-electron chi connectivity index (χ3n) is 7.60. The van der Waals surface area contributed by atoms with Crippen LogP contribution >= 0.6 is 66.7 Å². The summed E-state index contributed by atoms with van der Waals surface area (Å²) >= 11 is 0. The van der Waals surface area contributed by atoms with Crippen molar-refractivity contribution >= 4 is 78.4 Å². The Labute approximate surface area is 239 Å². The summed E-state index contributed by atoms with van der Waals surface area (Å²) < 4.78 is 23.7. The number of ketones is 1. The second kappa shape index (κ2) is 17.3. The fourth-order valence-electron chi connectivity index (χ4n) is 4.93. The van der Waals surface area contributed by atoms with Gasteiger partial charge in [0.2, 0.25) is 0 Å². The van der Waals surface area contributed by atoms with Crippen molar-refractivity contribution in [1.82, 2.24) is 0 Å². The van der Waals surface area contributed by atoms with Crippen LogP contribution in [0.4, 0.5) is 0 Å². The Bertz CT molecular complexity index is 762. The topological polar surface area (TPSA) is 71.1 Å². The average Bonchev–Trinajstić information content (AvgIpc) is 3.07. The van der Waals surface area contributed by atoms with E-state index in [0.29, 0.717) is 25.4 Å². The lowest BCUT2D eigenvalue weighted by atomic mass is 9.75. The Morgan fingerprint density at radius 1 is 1.14 bits per heavy atom. The summed E-state index contributed by atoms with van der Waals surface area (Å²) in [6.45, 7) is 6.55. The van der Waals surface area contributed by atoms with Gasteiger partial charge in [0.15, 0.2) is 12.6 Å². The molecule has 8 unspecified atom stereocenters. The number of allylic oxidation sites excluding steroid dienone is 2. The van der Waals surface area contributed by atoms with Crippen LogP contribution in [0, 0.1) is 17.3 Å². The molecule has 214 valence electrons. The molecule has 9 atom stereocenters. The molecule has 0 radical (unpaired) electrons. The van der Waals surface area contributed by atoms with Gasteiger partial charge in [0.1, 0.15) is 13.3 Å². The Morgan fingerprint density at radius 3 is 2.41 bits per heavy atom. The predicted octanol–water partition coefficient (Wildman–Crippen LogP) is 9.07. The number of ether oxygens (including phenoxy) is 2. The molecule has 0 bridgehead atoms. The van der Waals surface area contributed by atoms with Crippen LogP contribution in [0.25, 0.3) is 0 Å². The van der Waals surface area contributed by atoms with Gasteiger partial charge < -0.3 is 18.5 Å². The van der Waals surface area contributed by atoms with Crippen LogP contribution < -0.4 is 0 Å². The standard InChI is InChI=1S/C23H46O6P8/c1-4-22(2,3)23(26-16-27-23)14-13-18-17(19(24)15-20(18)28-36(32)37(33)34)11-9-7-5-6-8-10-12-21(25)29-35(30)31/h7,9,17-18,20H,4-6,8,10-16,30-34H2,1-3H3/b9-7-/t17?,18-,20?,36?/m1/s1. The zero-order valence-electron chi connectivity index (χ0n) is 22.3. The fraction of sp³-hybridized carbons (Fsp3) is 0.826. The zero-order chi connectivity index (χ0) is 27.6. The molecule has 2 fully saturated rings. The highest BCUT2D eigenvalue weighted by Gasteiger charge is 2.53. The van der Waals surface area contributed by atoms with Crippen LogP contribution in [0.2, 0.25) is 0 Å². The van der Waals surface area contributed by atoms with Gasteiger partial charge in [0.25, 0.3) is 0 Å². The van der Waals surface area contributed by atoms with Crippen molar-refractivity contribution in [1.29, 1.82) is 0 Å². The largest absolute Gasteiger partial charge is 0.437 e. The normalized spacial score (nSPS) is 24.7. The smallest absolute Gasteiger partial charge is 0.309 e. The van der Waals surface area contributed by atoms with E-state index < -0.39 is 20.8 Å². The molecule has 6 nitrogen and oxygen atoms in total. The van der Waals surface area contributed by atoms with Gasteiger partial charge in [0.05, 0.1) is 13.6 Å². The number of carbonyl (C=O) groups excluding carboxylic acids is 2. The van der Waals surface area contributed by atoms with Gasteiger partial charge in [-0.25, -0.2) is 0 Å². The van der Waals surface area contributed by atoms with E-state index in [0.717, 1.165) is 51.4 Å². The fourth-order valence-corrected chi connectivity index (χ4v) is 8.72. The molecule has 2 aliphatic rings. The van der Waals surface area contributed by atoms with E-state index >= 15 is 0 Å². The molecule has 1 aliphatic heterocycles. The third-order valence-corrected chi connectivity index (χ3v) is 22.9. The second-order valence-corrected chi connectivity index (χ2v) is 30.7. The van der Waals surface area contributed by atoms with Crippen molar-refractivity contribution in [2.45, 2.75) is 96.9 Å². The van der Waals surface area contributed by atoms with Crippen LogP contribution in [0.1, 0.15) is 85.0 Å². The summed E-state index contributed by atoms with van der Waals surface area (Å²) in [6.07, 6.45) is 12.4. The van der Waals surface area contributed by atoms with Crippen molar-refractivity contribution < 1.29 is 28.1 Å². The molecule has 2 rings (SSSR count). The molecule has 0 spiro atoms. The van der Waals surface area contributed by atoms with E-state index in [2.05, 4.69) is 77.6 Å². The molecule has 14 heteroatoms. The van der Waals surface area contributed by atoms with E-state index in [4.69, 9.17) is 18.5 Å². The quantitative estimate of drug-likeness (QED) is 0.0877. The molecule has 1 heterocycles. The third kappa shape index (κ3) is 11.1. The monoisotopic (exact) mass is 666 g/mol. The molecule has 0 amide bonds. The number of carbonyl (C=O) groups is 2. The maximum Gasteiger partial charge on any atom is 0.309 e. The summed E-state index contributed by atoms with van der Waals surface area (Å²) in [5.41, 5.74) is -0.0916. The van der Waals surface area contributed by atoms with Crippen LogP contribution in [-0.2, 0) is 28.1 Å². The van der Waals surface area contributed by atoms with E-state index in [1.165, 1.54) is 0 Å². The van der Waals surface area contributed by atoms with Crippen LogP contribution in [0.15, 0.2) is 12.2 Å². The predicted molar refractivity (Wildman–Crippen MR) is 177 cm³/mol. The Kier molecular flexibility index (Phi) is 16.6. The summed E-state index contributed by atoms with van der Waals surface area (Å²) in [7, 11) is 12.1. The number of rotatable bonds is 17. The molecule has 37 heavy (non-hydrogen) atoms. The highest BCUT2D eigenvalue weighted by molar-refractivity contribution is 8.80. The molecule has 1 saturated carbocycles.